The van der Waals surface area contributed by atoms with Crippen LogP contribution in [0.3, 0.4) is 0 Å². The molecule has 1 aromatic carbocycles. The van der Waals surface area contributed by atoms with Crippen molar-refractivity contribution in [2.24, 2.45) is 11.8 Å². The van der Waals surface area contributed by atoms with E-state index in [4.69, 9.17) is 10.2 Å². The van der Waals surface area contributed by atoms with Gasteiger partial charge in [0.1, 0.15) is 5.52 Å². The lowest BCUT2D eigenvalue weighted by molar-refractivity contribution is 0.0658. The first-order valence-corrected chi connectivity index (χ1v) is 7.42. The Hall–Kier alpha value is -1.55. The van der Waals surface area contributed by atoms with E-state index in [1.165, 1.54) is 6.42 Å². The third kappa shape index (κ3) is 2.52. The van der Waals surface area contributed by atoms with E-state index < -0.39 is 0 Å². The average molecular weight is 273 g/mol. The quantitative estimate of drug-likeness (QED) is 0.853. The van der Waals surface area contributed by atoms with E-state index in [1.807, 2.05) is 18.2 Å². The van der Waals surface area contributed by atoms with Crippen LogP contribution in [0.15, 0.2) is 22.6 Å². The minimum atomic E-state index is 0.575. The second-order valence-corrected chi connectivity index (χ2v) is 6.32. The van der Waals surface area contributed by atoms with Gasteiger partial charge in [0.2, 0.25) is 5.89 Å². The molecule has 0 amide bonds. The molecule has 0 saturated carbocycles. The highest BCUT2D eigenvalue weighted by Crippen LogP contribution is 2.28. The maximum Gasteiger partial charge on any atom is 0.209 e. The minimum absolute atomic E-state index is 0.575. The fourth-order valence-electron chi connectivity index (χ4n) is 3.27. The second-order valence-electron chi connectivity index (χ2n) is 6.32. The van der Waals surface area contributed by atoms with Crippen LogP contribution in [0, 0.1) is 11.8 Å². The van der Waals surface area contributed by atoms with Crippen molar-refractivity contribution in [2.75, 3.05) is 12.3 Å². The van der Waals surface area contributed by atoms with Crippen LogP contribution in [0.4, 0.5) is 5.69 Å². The van der Waals surface area contributed by atoms with Crippen molar-refractivity contribution in [1.82, 2.24) is 9.88 Å². The van der Waals surface area contributed by atoms with Crippen LogP contribution in [-0.4, -0.2) is 22.5 Å². The van der Waals surface area contributed by atoms with Crippen LogP contribution in [-0.2, 0) is 6.54 Å². The maximum absolute atomic E-state index is 5.84. The highest BCUT2D eigenvalue weighted by atomic mass is 16.3. The number of aromatic nitrogens is 1. The summed E-state index contributed by atoms with van der Waals surface area (Å²) in [6.07, 6.45) is 1.31. The standard InChI is InChI=1S/C16H23N3O/c1-10-6-11(2)12(3)19(8-10)9-16-18-14-5-4-13(17)7-15(14)20-16/h4-5,7,10-12H,6,8-9,17H2,1-3H3. The van der Waals surface area contributed by atoms with Gasteiger partial charge in [-0.3, -0.25) is 4.90 Å². The molecule has 4 nitrogen and oxygen atoms in total. The molecule has 3 unspecified atom stereocenters. The molecule has 1 saturated heterocycles. The van der Waals surface area contributed by atoms with Gasteiger partial charge < -0.3 is 10.2 Å². The number of piperidine rings is 1. The normalized spacial score (nSPS) is 28.1. The van der Waals surface area contributed by atoms with Gasteiger partial charge in [0, 0.05) is 24.3 Å². The zero-order chi connectivity index (χ0) is 14.3. The van der Waals surface area contributed by atoms with E-state index in [-0.39, 0.29) is 0 Å². The first kappa shape index (κ1) is 13.4. The Labute approximate surface area is 120 Å². The van der Waals surface area contributed by atoms with E-state index in [0.29, 0.717) is 11.7 Å². The molecule has 1 aliphatic rings. The lowest BCUT2D eigenvalue weighted by atomic mass is 9.86. The molecule has 1 aliphatic heterocycles. The Morgan fingerprint density at radius 1 is 1.35 bits per heavy atom. The summed E-state index contributed by atoms with van der Waals surface area (Å²) in [4.78, 5) is 7.05. The Morgan fingerprint density at radius 3 is 2.95 bits per heavy atom. The van der Waals surface area contributed by atoms with Gasteiger partial charge in [0.25, 0.3) is 0 Å². The van der Waals surface area contributed by atoms with Crippen LogP contribution >= 0.6 is 0 Å². The molecule has 3 rings (SSSR count). The number of nitrogens with two attached hydrogens (primary N) is 1. The van der Waals surface area contributed by atoms with E-state index in [2.05, 4.69) is 30.7 Å². The molecule has 20 heavy (non-hydrogen) atoms. The third-order valence-electron chi connectivity index (χ3n) is 4.51. The van der Waals surface area contributed by atoms with Gasteiger partial charge >= 0.3 is 0 Å². The number of nitrogen functional groups attached to an aromatic ring is 1. The Bertz CT molecular complexity index is 607. The van der Waals surface area contributed by atoms with Crippen molar-refractivity contribution >= 4 is 16.8 Å². The second kappa shape index (κ2) is 5.09. The fourth-order valence-corrected chi connectivity index (χ4v) is 3.27. The van der Waals surface area contributed by atoms with Gasteiger partial charge in [-0.2, -0.15) is 0 Å². The number of rotatable bonds is 2. The summed E-state index contributed by atoms with van der Waals surface area (Å²) in [5.41, 5.74) is 8.17. The predicted octanol–water partition coefficient (Wildman–Crippen LogP) is 3.28. The summed E-state index contributed by atoms with van der Waals surface area (Å²) in [5, 5.41) is 0. The number of nitrogens with zero attached hydrogens (tertiary/aromatic N) is 2. The van der Waals surface area contributed by atoms with Gasteiger partial charge in [0.05, 0.1) is 6.54 Å². The molecule has 108 valence electrons. The molecule has 1 aromatic heterocycles. The fraction of sp³-hybridized carbons (Fsp3) is 0.562. The monoisotopic (exact) mass is 273 g/mol. The zero-order valence-corrected chi connectivity index (χ0v) is 12.5. The Balaban J connectivity index is 1.81. The third-order valence-corrected chi connectivity index (χ3v) is 4.51. The highest BCUT2D eigenvalue weighted by molar-refractivity contribution is 5.76. The lowest BCUT2D eigenvalue weighted by Crippen LogP contribution is -2.45. The predicted molar refractivity (Wildman–Crippen MR) is 81.2 cm³/mol. The molecular formula is C16H23N3O. The van der Waals surface area contributed by atoms with Gasteiger partial charge in [-0.05, 0) is 37.3 Å². The van der Waals surface area contributed by atoms with Crippen LogP contribution in [0.1, 0.15) is 33.1 Å². The van der Waals surface area contributed by atoms with E-state index in [0.717, 1.165) is 41.9 Å². The van der Waals surface area contributed by atoms with Crippen LogP contribution < -0.4 is 5.73 Å². The largest absolute Gasteiger partial charge is 0.439 e. The molecule has 1 fully saturated rings. The van der Waals surface area contributed by atoms with Crippen molar-refractivity contribution in [3.05, 3.63) is 24.1 Å². The van der Waals surface area contributed by atoms with Gasteiger partial charge in [-0.25, -0.2) is 4.98 Å². The van der Waals surface area contributed by atoms with E-state index in [9.17, 15) is 0 Å². The summed E-state index contributed by atoms with van der Waals surface area (Å²) < 4.78 is 5.84. The number of fused-ring (bicyclic) bond motifs is 1. The Morgan fingerprint density at radius 2 is 2.15 bits per heavy atom. The molecule has 3 atom stereocenters. The van der Waals surface area contributed by atoms with Gasteiger partial charge in [-0.1, -0.05) is 13.8 Å². The number of anilines is 1. The van der Waals surface area contributed by atoms with Crippen LogP contribution in [0.25, 0.3) is 11.1 Å². The number of hydrogen-bond acceptors (Lipinski definition) is 4. The smallest absolute Gasteiger partial charge is 0.209 e. The summed E-state index contributed by atoms with van der Waals surface area (Å²) in [6, 6.07) is 6.20. The summed E-state index contributed by atoms with van der Waals surface area (Å²) in [6.45, 7) is 8.86. The molecule has 4 heteroatoms. The lowest BCUT2D eigenvalue weighted by Gasteiger charge is -2.40. The summed E-state index contributed by atoms with van der Waals surface area (Å²) >= 11 is 0. The molecule has 0 bridgehead atoms. The molecule has 2 aromatic rings. The molecule has 0 radical (unpaired) electrons. The molecule has 0 aliphatic carbocycles. The van der Waals surface area contributed by atoms with E-state index in [1.54, 1.807) is 0 Å². The first-order valence-electron chi connectivity index (χ1n) is 7.42. The van der Waals surface area contributed by atoms with Crippen molar-refractivity contribution in [3.63, 3.8) is 0 Å². The summed E-state index contributed by atoms with van der Waals surface area (Å²) in [7, 11) is 0. The minimum Gasteiger partial charge on any atom is -0.439 e. The van der Waals surface area contributed by atoms with Crippen molar-refractivity contribution in [3.8, 4) is 0 Å². The summed E-state index contributed by atoms with van der Waals surface area (Å²) in [5.74, 6) is 2.25. The number of oxazole rings is 1. The number of benzene rings is 1. The van der Waals surface area contributed by atoms with Gasteiger partial charge in [-0.15, -0.1) is 0 Å². The molecule has 0 spiro atoms. The first-order chi connectivity index (χ1) is 9.52. The molecule has 2 heterocycles. The molecular weight excluding hydrogens is 250 g/mol. The molecule has 2 N–H and O–H groups in total. The zero-order valence-electron chi connectivity index (χ0n) is 12.5. The average Bonchev–Trinajstić information content (AvgIpc) is 2.76. The highest BCUT2D eigenvalue weighted by Gasteiger charge is 2.29. The van der Waals surface area contributed by atoms with Crippen molar-refractivity contribution in [1.29, 1.82) is 0 Å². The maximum atomic E-state index is 5.84. The van der Waals surface area contributed by atoms with Crippen LogP contribution in [0.2, 0.25) is 0 Å². The Kier molecular flexibility index (Phi) is 3.42. The van der Waals surface area contributed by atoms with Crippen LogP contribution in [0.5, 0.6) is 0 Å². The van der Waals surface area contributed by atoms with Gasteiger partial charge in [0.15, 0.2) is 5.58 Å². The van der Waals surface area contributed by atoms with E-state index >= 15 is 0 Å². The SMILES string of the molecule is CC1CC(C)C(C)N(Cc2nc3ccc(N)cc3o2)C1. The number of hydrogen-bond donors (Lipinski definition) is 1. The van der Waals surface area contributed by atoms with Crippen molar-refractivity contribution in [2.45, 2.75) is 39.8 Å². The van der Waals surface area contributed by atoms with Crippen molar-refractivity contribution < 1.29 is 4.42 Å². The number of likely N-dealkylation sites (tertiary alicyclic amines) is 1. The topological polar surface area (TPSA) is 55.3 Å².